The molecule has 1 heterocycles. The number of benzene rings is 1. The smallest absolute Gasteiger partial charge is 0.345 e. The van der Waals surface area contributed by atoms with Gasteiger partial charge >= 0.3 is 17.0 Å². The van der Waals surface area contributed by atoms with Crippen LogP contribution in [-0.2, 0) is 9.53 Å². The van der Waals surface area contributed by atoms with E-state index in [0.717, 1.165) is 36.8 Å². The van der Waals surface area contributed by atoms with E-state index in [9.17, 15) is 19.7 Å². The molecule has 0 spiro atoms. The average Bonchev–Trinajstić information content (AvgIpc) is 3.19. The second kappa shape index (κ2) is 11.7. The molecule has 0 atom stereocenters. The van der Waals surface area contributed by atoms with Crippen molar-refractivity contribution in [3.63, 3.8) is 0 Å². The molecule has 2 amide bonds. The summed E-state index contributed by atoms with van der Waals surface area (Å²) < 4.78 is 10.2. The van der Waals surface area contributed by atoms with Gasteiger partial charge in [0.15, 0.2) is 11.7 Å². The molecule has 0 aliphatic carbocycles. The number of anilines is 2. The normalized spacial score (nSPS) is 10.3. The van der Waals surface area contributed by atoms with Crippen LogP contribution >= 0.6 is 11.3 Å². The topological polar surface area (TPSA) is 124 Å². The molecule has 10 nitrogen and oxygen atoms in total. The van der Waals surface area contributed by atoms with Gasteiger partial charge in [-0.05, 0) is 48.9 Å². The molecule has 0 radical (unpaired) electrons. The van der Waals surface area contributed by atoms with E-state index in [2.05, 4.69) is 17.2 Å². The van der Waals surface area contributed by atoms with Crippen molar-refractivity contribution in [1.82, 2.24) is 4.98 Å². The summed E-state index contributed by atoms with van der Waals surface area (Å²) >= 11 is 0.793. The second-order valence-corrected chi connectivity index (χ2v) is 7.15. The number of amides is 2. The highest BCUT2D eigenvalue weighted by atomic mass is 32.1. The Labute approximate surface area is 178 Å². The third kappa shape index (κ3) is 6.99. The Kier molecular flexibility index (Phi) is 9.01. The van der Waals surface area contributed by atoms with Gasteiger partial charge in [0.2, 0.25) is 0 Å². The number of hydrogen-bond donors (Lipinski definition) is 1. The highest BCUT2D eigenvalue weighted by Gasteiger charge is 2.19. The maximum Gasteiger partial charge on any atom is 0.345 e. The summed E-state index contributed by atoms with van der Waals surface area (Å²) in [7, 11) is 0. The molecule has 0 saturated heterocycles. The number of unbranched alkanes of at least 4 members (excludes halogenated alkanes) is 2. The molecular formula is C19H24N4O6S. The molecule has 30 heavy (non-hydrogen) atoms. The number of hydrogen-bond acceptors (Lipinski definition) is 8. The van der Waals surface area contributed by atoms with Crippen molar-refractivity contribution in [2.75, 3.05) is 30.0 Å². The van der Waals surface area contributed by atoms with Gasteiger partial charge in [0, 0.05) is 12.2 Å². The molecule has 2 aromatic rings. The molecule has 0 fully saturated rings. The van der Waals surface area contributed by atoms with E-state index < -0.39 is 16.9 Å². The molecule has 1 N–H and O–H groups in total. The van der Waals surface area contributed by atoms with Crippen molar-refractivity contribution in [2.24, 2.45) is 0 Å². The van der Waals surface area contributed by atoms with E-state index in [1.807, 2.05) is 0 Å². The lowest BCUT2D eigenvalue weighted by Crippen LogP contribution is -2.35. The standard InChI is InChI=1S/C19H24N4O6S/c1-3-5-6-11-22(19(25)21-18-20-12-16(30-18)23(26)27)14-7-9-15(10-8-14)29-13-17(24)28-4-2/h7-10,12H,3-6,11,13H2,1-2H3,(H,20,21,25). The van der Waals surface area contributed by atoms with E-state index in [1.54, 1.807) is 31.2 Å². The molecule has 162 valence electrons. The Hall–Kier alpha value is -3.21. The zero-order valence-electron chi connectivity index (χ0n) is 16.8. The SMILES string of the molecule is CCCCCN(C(=O)Nc1ncc([N+](=O)[O-])s1)c1ccc(OCC(=O)OCC)cc1. The predicted molar refractivity (Wildman–Crippen MR) is 113 cm³/mol. The van der Waals surface area contributed by atoms with Crippen LogP contribution in [0.2, 0.25) is 0 Å². The number of nitrogens with one attached hydrogen (secondary N) is 1. The van der Waals surface area contributed by atoms with Gasteiger partial charge in [-0.15, -0.1) is 0 Å². The molecular weight excluding hydrogens is 412 g/mol. The summed E-state index contributed by atoms with van der Waals surface area (Å²) in [6.07, 6.45) is 3.85. The van der Waals surface area contributed by atoms with Gasteiger partial charge in [0.05, 0.1) is 11.5 Å². The number of ether oxygens (including phenoxy) is 2. The second-order valence-electron chi connectivity index (χ2n) is 6.14. The van der Waals surface area contributed by atoms with Crippen LogP contribution in [0, 0.1) is 10.1 Å². The maximum absolute atomic E-state index is 12.8. The molecule has 0 aliphatic rings. The first-order valence-corrected chi connectivity index (χ1v) is 10.3. The van der Waals surface area contributed by atoms with Crippen LogP contribution in [-0.4, -0.2) is 41.7 Å². The number of thiazole rings is 1. The van der Waals surface area contributed by atoms with Crippen molar-refractivity contribution in [3.05, 3.63) is 40.6 Å². The quantitative estimate of drug-likeness (QED) is 0.242. The van der Waals surface area contributed by atoms with Crippen LogP contribution in [0.4, 0.5) is 20.6 Å². The third-order valence-corrected chi connectivity index (χ3v) is 4.79. The lowest BCUT2D eigenvalue weighted by molar-refractivity contribution is -0.380. The molecule has 0 bridgehead atoms. The van der Waals surface area contributed by atoms with Crippen LogP contribution in [0.1, 0.15) is 33.1 Å². The predicted octanol–water partition coefficient (Wildman–Crippen LogP) is 4.22. The van der Waals surface area contributed by atoms with Crippen LogP contribution in [0.15, 0.2) is 30.5 Å². The van der Waals surface area contributed by atoms with Crippen LogP contribution in [0.5, 0.6) is 5.75 Å². The number of nitrogens with zero attached hydrogens (tertiary/aromatic N) is 3. The minimum Gasteiger partial charge on any atom is -0.482 e. The number of esters is 1. The molecule has 0 unspecified atom stereocenters. The minimum absolute atomic E-state index is 0.147. The molecule has 1 aromatic heterocycles. The molecule has 11 heteroatoms. The Morgan fingerprint density at radius 1 is 1.23 bits per heavy atom. The minimum atomic E-state index is -0.554. The van der Waals surface area contributed by atoms with E-state index >= 15 is 0 Å². The summed E-state index contributed by atoms with van der Waals surface area (Å²) in [5.74, 6) is 0.0101. The Balaban J connectivity index is 2.07. The highest BCUT2D eigenvalue weighted by molar-refractivity contribution is 7.18. The lowest BCUT2D eigenvalue weighted by Gasteiger charge is -2.23. The summed E-state index contributed by atoms with van der Waals surface area (Å²) in [5.41, 5.74) is 0.623. The van der Waals surface area contributed by atoms with Crippen molar-refractivity contribution < 1.29 is 24.0 Å². The number of rotatable bonds is 11. The Bertz CT molecular complexity index is 855. The van der Waals surface area contributed by atoms with Crippen molar-refractivity contribution in [3.8, 4) is 5.75 Å². The first-order valence-electron chi connectivity index (χ1n) is 9.51. The zero-order chi connectivity index (χ0) is 21.9. The fourth-order valence-corrected chi connectivity index (χ4v) is 3.12. The Morgan fingerprint density at radius 3 is 2.57 bits per heavy atom. The van der Waals surface area contributed by atoms with E-state index in [1.165, 1.54) is 4.90 Å². The number of carbonyl (C=O) groups excluding carboxylic acids is 2. The van der Waals surface area contributed by atoms with E-state index in [0.29, 0.717) is 18.0 Å². The maximum atomic E-state index is 12.8. The molecule has 0 aliphatic heterocycles. The van der Waals surface area contributed by atoms with Crippen molar-refractivity contribution in [1.29, 1.82) is 0 Å². The first-order chi connectivity index (χ1) is 14.4. The number of nitro groups is 1. The van der Waals surface area contributed by atoms with Gasteiger partial charge in [-0.3, -0.25) is 20.3 Å². The van der Waals surface area contributed by atoms with Gasteiger partial charge in [-0.2, -0.15) is 0 Å². The number of aromatic nitrogens is 1. The summed E-state index contributed by atoms with van der Waals surface area (Å²) in [6, 6.07) is 6.29. The monoisotopic (exact) mass is 436 g/mol. The number of carbonyl (C=O) groups is 2. The first kappa shape index (κ1) is 23.1. The molecule has 0 saturated carbocycles. The van der Waals surface area contributed by atoms with Gasteiger partial charge in [0.1, 0.15) is 11.9 Å². The summed E-state index contributed by atoms with van der Waals surface area (Å²) in [5, 5.41) is 13.4. The van der Waals surface area contributed by atoms with Crippen LogP contribution < -0.4 is 15.0 Å². The van der Waals surface area contributed by atoms with E-state index in [4.69, 9.17) is 9.47 Å². The lowest BCUT2D eigenvalue weighted by atomic mass is 10.2. The van der Waals surface area contributed by atoms with Crippen LogP contribution in [0.25, 0.3) is 0 Å². The van der Waals surface area contributed by atoms with Crippen molar-refractivity contribution in [2.45, 2.75) is 33.1 Å². The Morgan fingerprint density at radius 2 is 1.97 bits per heavy atom. The zero-order valence-corrected chi connectivity index (χ0v) is 17.6. The third-order valence-electron chi connectivity index (χ3n) is 3.93. The average molecular weight is 436 g/mol. The fraction of sp³-hybridized carbons (Fsp3) is 0.421. The fourth-order valence-electron chi connectivity index (χ4n) is 2.50. The largest absolute Gasteiger partial charge is 0.482 e. The van der Waals surface area contributed by atoms with Crippen molar-refractivity contribution >= 4 is 39.2 Å². The van der Waals surface area contributed by atoms with Crippen LogP contribution in [0.3, 0.4) is 0 Å². The highest BCUT2D eigenvalue weighted by Crippen LogP contribution is 2.26. The van der Waals surface area contributed by atoms with Gasteiger partial charge < -0.3 is 9.47 Å². The summed E-state index contributed by atoms with van der Waals surface area (Å²) in [6.45, 7) is 4.33. The molecule has 1 aromatic carbocycles. The van der Waals surface area contributed by atoms with Gasteiger partial charge in [0.25, 0.3) is 0 Å². The number of urea groups is 1. The van der Waals surface area contributed by atoms with E-state index in [-0.39, 0.29) is 23.3 Å². The van der Waals surface area contributed by atoms with Gasteiger partial charge in [-0.25, -0.2) is 14.6 Å². The molecule has 2 rings (SSSR count). The van der Waals surface area contributed by atoms with Gasteiger partial charge in [-0.1, -0.05) is 19.8 Å². The summed E-state index contributed by atoms with van der Waals surface area (Å²) in [4.78, 5) is 39.8.